The second-order valence-electron chi connectivity index (χ2n) is 5.70. The summed E-state index contributed by atoms with van der Waals surface area (Å²) in [7, 11) is -1.44. The molecule has 116 valence electrons. The fourth-order valence-corrected chi connectivity index (χ4v) is 3.74. The van der Waals surface area contributed by atoms with Crippen molar-refractivity contribution in [2.24, 2.45) is 5.92 Å². The van der Waals surface area contributed by atoms with Crippen molar-refractivity contribution in [1.82, 2.24) is 9.62 Å². The minimum Gasteiger partial charge on any atom is -0.306 e. The molecule has 1 N–H and O–H groups in total. The van der Waals surface area contributed by atoms with Crippen molar-refractivity contribution >= 4 is 15.8 Å². The topological polar surface area (TPSA) is 66.5 Å². The number of piperidine rings is 1. The van der Waals surface area contributed by atoms with Crippen LogP contribution >= 0.6 is 0 Å². The van der Waals surface area contributed by atoms with Crippen molar-refractivity contribution in [3.63, 3.8) is 0 Å². The summed E-state index contributed by atoms with van der Waals surface area (Å²) in [5.41, 5.74) is 0.517. The zero-order valence-electron chi connectivity index (χ0n) is 12.5. The molecule has 0 radical (unpaired) electrons. The first kappa shape index (κ1) is 16.1. The lowest BCUT2D eigenvalue weighted by atomic mass is 9.99. The van der Waals surface area contributed by atoms with Gasteiger partial charge in [0.2, 0.25) is 10.0 Å². The van der Waals surface area contributed by atoms with E-state index >= 15 is 0 Å². The molecule has 0 saturated carbocycles. The van der Waals surface area contributed by atoms with Crippen LogP contribution in [0.1, 0.15) is 30.1 Å². The lowest BCUT2D eigenvalue weighted by molar-refractivity contribution is 0.101. The Morgan fingerprint density at radius 2 is 2.00 bits per heavy atom. The normalized spacial score (nSPS) is 20.4. The molecule has 1 aromatic rings. The molecule has 1 aliphatic heterocycles. The molecule has 1 unspecified atom stereocenters. The maximum absolute atomic E-state index is 12.2. The predicted molar refractivity (Wildman–Crippen MR) is 81.9 cm³/mol. The summed E-state index contributed by atoms with van der Waals surface area (Å²) >= 11 is 0. The number of hydrogen-bond acceptors (Lipinski definition) is 4. The summed E-state index contributed by atoms with van der Waals surface area (Å²) in [5, 5.41) is 0. The molecule has 1 atom stereocenters. The number of nitrogens with zero attached hydrogens (tertiary/aromatic N) is 1. The van der Waals surface area contributed by atoms with Crippen molar-refractivity contribution in [2.75, 3.05) is 26.7 Å². The largest absolute Gasteiger partial charge is 0.306 e. The Hall–Kier alpha value is -1.24. The maximum atomic E-state index is 12.2. The van der Waals surface area contributed by atoms with Crippen LogP contribution in [0, 0.1) is 5.92 Å². The molecule has 2 rings (SSSR count). The fraction of sp³-hybridized carbons (Fsp3) is 0.533. The van der Waals surface area contributed by atoms with Crippen LogP contribution in [0.2, 0.25) is 0 Å². The molecule has 1 fully saturated rings. The number of Topliss-reactive ketones (excluding diaryl/α,β-unsaturated/α-hetero) is 1. The van der Waals surface area contributed by atoms with Crippen molar-refractivity contribution in [3.05, 3.63) is 29.8 Å². The van der Waals surface area contributed by atoms with Gasteiger partial charge in [-0.1, -0.05) is 12.1 Å². The fourth-order valence-electron chi connectivity index (χ4n) is 2.62. The standard InChI is InChI=1S/C15H22N2O3S/c1-12(18)14-5-7-15(8-6-14)21(19,20)16-10-13-4-3-9-17(2)11-13/h5-8,13,16H,3-4,9-11H2,1-2H3. The third-order valence-corrected chi connectivity index (χ3v) is 5.29. The number of ketones is 1. The summed E-state index contributed by atoms with van der Waals surface area (Å²) < 4.78 is 27.1. The van der Waals surface area contributed by atoms with Crippen LogP contribution in [-0.2, 0) is 10.0 Å². The number of nitrogens with one attached hydrogen (secondary N) is 1. The minimum absolute atomic E-state index is 0.0721. The number of benzene rings is 1. The van der Waals surface area contributed by atoms with Gasteiger partial charge >= 0.3 is 0 Å². The Morgan fingerprint density at radius 3 is 2.57 bits per heavy atom. The van der Waals surface area contributed by atoms with E-state index in [4.69, 9.17) is 0 Å². The lowest BCUT2D eigenvalue weighted by Crippen LogP contribution is -2.39. The Labute approximate surface area is 126 Å². The molecule has 0 bridgehead atoms. The van der Waals surface area contributed by atoms with Crippen LogP contribution in [0.15, 0.2) is 29.2 Å². The van der Waals surface area contributed by atoms with Gasteiger partial charge in [-0.25, -0.2) is 13.1 Å². The number of sulfonamides is 1. The van der Waals surface area contributed by atoms with E-state index in [1.54, 1.807) is 12.1 Å². The molecule has 0 amide bonds. The van der Waals surface area contributed by atoms with E-state index in [0.29, 0.717) is 18.0 Å². The highest BCUT2D eigenvalue weighted by Gasteiger charge is 2.20. The van der Waals surface area contributed by atoms with E-state index in [-0.39, 0.29) is 10.7 Å². The molecule has 0 aliphatic carbocycles. The molecular formula is C15H22N2O3S. The zero-order chi connectivity index (χ0) is 15.5. The van der Waals surface area contributed by atoms with E-state index in [1.165, 1.54) is 19.1 Å². The Balaban J connectivity index is 1.99. The SMILES string of the molecule is CC(=O)c1ccc(S(=O)(=O)NCC2CCCN(C)C2)cc1. The van der Waals surface area contributed by atoms with Crippen molar-refractivity contribution in [1.29, 1.82) is 0 Å². The van der Waals surface area contributed by atoms with Crippen LogP contribution in [-0.4, -0.2) is 45.8 Å². The lowest BCUT2D eigenvalue weighted by Gasteiger charge is -2.29. The molecule has 1 aliphatic rings. The molecule has 0 spiro atoms. The van der Waals surface area contributed by atoms with Gasteiger partial charge in [-0.15, -0.1) is 0 Å². The third-order valence-electron chi connectivity index (χ3n) is 3.86. The van der Waals surface area contributed by atoms with Gasteiger partial charge in [-0.05, 0) is 51.4 Å². The minimum atomic E-state index is -3.50. The summed E-state index contributed by atoms with van der Waals surface area (Å²) in [6, 6.07) is 6.05. The Bertz CT molecular complexity index is 596. The van der Waals surface area contributed by atoms with E-state index in [0.717, 1.165) is 25.9 Å². The highest BCUT2D eigenvalue weighted by atomic mass is 32.2. The van der Waals surface area contributed by atoms with Gasteiger partial charge in [0.25, 0.3) is 0 Å². The number of hydrogen-bond donors (Lipinski definition) is 1. The maximum Gasteiger partial charge on any atom is 0.240 e. The molecule has 1 aromatic carbocycles. The number of likely N-dealkylation sites (tertiary alicyclic amines) is 1. The summed E-state index contributed by atoms with van der Waals surface area (Å²) in [6.45, 7) is 3.92. The van der Waals surface area contributed by atoms with E-state index in [1.807, 2.05) is 0 Å². The van der Waals surface area contributed by atoms with Crippen LogP contribution in [0.5, 0.6) is 0 Å². The van der Waals surface area contributed by atoms with Crippen LogP contribution < -0.4 is 4.72 Å². The number of rotatable bonds is 5. The van der Waals surface area contributed by atoms with Crippen LogP contribution in [0.25, 0.3) is 0 Å². The Morgan fingerprint density at radius 1 is 1.33 bits per heavy atom. The van der Waals surface area contributed by atoms with Crippen molar-refractivity contribution in [3.8, 4) is 0 Å². The predicted octanol–water partition coefficient (Wildman–Crippen LogP) is 1.51. The van der Waals surface area contributed by atoms with Crippen LogP contribution in [0.3, 0.4) is 0 Å². The molecule has 0 aromatic heterocycles. The average molecular weight is 310 g/mol. The van der Waals surface area contributed by atoms with Crippen LogP contribution in [0.4, 0.5) is 0 Å². The van der Waals surface area contributed by atoms with Gasteiger partial charge in [0.1, 0.15) is 0 Å². The summed E-state index contributed by atoms with van der Waals surface area (Å²) in [4.78, 5) is 13.6. The summed E-state index contributed by atoms with van der Waals surface area (Å²) in [6.07, 6.45) is 2.16. The van der Waals surface area contributed by atoms with E-state index < -0.39 is 10.0 Å². The first-order valence-electron chi connectivity index (χ1n) is 7.18. The average Bonchev–Trinajstić information content (AvgIpc) is 2.45. The van der Waals surface area contributed by atoms with Gasteiger partial charge in [-0.2, -0.15) is 0 Å². The molecule has 21 heavy (non-hydrogen) atoms. The molecule has 6 heteroatoms. The summed E-state index contributed by atoms with van der Waals surface area (Å²) in [5.74, 6) is 0.284. The van der Waals surface area contributed by atoms with E-state index in [9.17, 15) is 13.2 Å². The second-order valence-corrected chi connectivity index (χ2v) is 7.47. The van der Waals surface area contributed by atoms with Gasteiger partial charge < -0.3 is 4.90 Å². The van der Waals surface area contributed by atoms with Gasteiger partial charge in [0, 0.05) is 18.7 Å². The van der Waals surface area contributed by atoms with Crippen molar-refractivity contribution < 1.29 is 13.2 Å². The Kier molecular flexibility index (Phi) is 5.13. The molecule has 5 nitrogen and oxygen atoms in total. The van der Waals surface area contributed by atoms with Crippen molar-refractivity contribution in [2.45, 2.75) is 24.7 Å². The van der Waals surface area contributed by atoms with E-state index in [2.05, 4.69) is 16.7 Å². The number of carbonyl (C=O) groups excluding carboxylic acids is 1. The number of carbonyl (C=O) groups is 1. The van der Waals surface area contributed by atoms with Gasteiger partial charge in [0.15, 0.2) is 5.78 Å². The zero-order valence-corrected chi connectivity index (χ0v) is 13.3. The molecular weight excluding hydrogens is 288 g/mol. The monoisotopic (exact) mass is 310 g/mol. The molecule has 1 saturated heterocycles. The quantitative estimate of drug-likeness (QED) is 0.837. The van der Waals surface area contributed by atoms with Gasteiger partial charge in [-0.3, -0.25) is 4.79 Å². The smallest absolute Gasteiger partial charge is 0.240 e. The van der Waals surface area contributed by atoms with Gasteiger partial charge in [0.05, 0.1) is 4.90 Å². The first-order valence-corrected chi connectivity index (χ1v) is 8.66. The first-order chi connectivity index (χ1) is 9.88. The highest BCUT2D eigenvalue weighted by molar-refractivity contribution is 7.89. The third kappa shape index (κ3) is 4.36. The molecule has 1 heterocycles. The highest BCUT2D eigenvalue weighted by Crippen LogP contribution is 2.16. The second kappa shape index (κ2) is 6.68.